The van der Waals surface area contributed by atoms with E-state index in [-0.39, 0.29) is 11.1 Å². The first-order valence-electron chi connectivity index (χ1n) is 5.44. The fourth-order valence-corrected chi connectivity index (χ4v) is 2.17. The lowest BCUT2D eigenvalue weighted by Crippen LogP contribution is -2.07. The topological polar surface area (TPSA) is 0 Å². The summed E-state index contributed by atoms with van der Waals surface area (Å²) < 4.78 is 52.5. The minimum Gasteiger partial charge on any atom is -0.206 e. The monoisotopic (exact) mass is 332 g/mol. The zero-order valence-corrected chi connectivity index (χ0v) is 11.2. The van der Waals surface area contributed by atoms with Crippen molar-refractivity contribution in [2.24, 2.45) is 0 Å². The van der Waals surface area contributed by atoms with Gasteiger partial charge in [0.1, 0.15) is 5.82 Å². The molecule has 100 valence electrons. The Morgan fingerprint density at radius 2 is 1.63 bits per heavy atom. The van der Waals surface area contributed by atoms with Crippen LogP contribution in [0.4, 0.5) is 17.6 Å². The number of hydrogen-bond donors (Lipinski definition) is 0. The molecule has 0 fully saturated rings. The van der Waals surface area contributed by atoms with E-state index in [0.29, 0.717) is 10.9 Å². The van der Waals surface area contributed by atoms with Crippen LogP contribution in [-0.2, 0) is 11.5 Å². The van der Waals surface area contributed by atoms with E-state index >= 15 is 0 Å². The Morgan fingerprint density at radius 1 is 0.947 bits per heavy atom. The molecule has 0 radical (unpaired) electrons. The highest BCUT2D eigenvalue weighted by Crippen LogP contribution is 2.37. The van der Waals surface area contributed by atoms with E-state index in [1.807, 2.05) is 0 Å². The molecule has 0 unspecified atom stereocenters. The van der Waals surface area contributed by atoms with Crippen molar-refractivity contribution in [3.8, 4) is 11.1 Å². The fourth-order valence-electron chi connectivity index (χ4n) is 1.83. The summed E-state index contributed by atoms with van der Waals surface area (Å²) >= 11 is 3.17. The Balaban J connectivity index is 2.60. The van der Waals surface area contributed by atoms with E-state index in [1.165, 1.54) is 30.3 Å². The third-order valence-electron chi connectivity index (χ3n) is 2.71. The van der Waals surface area contributed by atoms with Crippen molar-refractivity contribution in [2.75, 3.05) is 0 Å². The van der Waals surface area contributed by atoms with Crippen molar-refractivity contribution < 1.29 is 17.6 Å². The molecule has 0 saturated heterocycles. The van der Waals surface area contributed by atoms with Crippen molar-refractivity contribution in [1.29, 1.82) is 0 Å². The molecule has 0 aliphatic heterocycles. The smallest absolute Gasteiger partial charge is 0.206 e. The van der Waals surface area contributed by atoms with Crippen molar-refractivity contribution in [2.45, 2.75) is 11.5 Å². The lowest BCUT2D eigenvalue weighted by molar-refractivity contribution is -0.137. The summed E-state index contributed by atoms with van der Waals surface area (Å²) in [6, 6.07) is 9.18. The van der Waals surface area contributed by atoms with Crippen LogP contribution in [0.3, 0.4) is 0 Å². The summed E-state index contributed by atoms with van der Waals surface area (Å²) in [5.74, 6) is -0.659. The van der Waals surface area contributed by atoms with Gasteiger partial charge in [-0.2, -0.15) is 13.2 Å². The zero-order valence-electron chi connectivity index (χ0n) is 9.64. The molecule has 0 aliphatic rings. The number of benzene rings is 2. The highest BCUT2D eigenvalue weighted by atomic mass is 79.9. The normalized spacial score (nSPS) is 11.6. The maximum atomic E-state index is 13.9. The van der Waals surface area contributed by atoms with Gasteiger partial charge in [0.2, 0.25) is 0 Å². The molecule has 2 aromatic carbocycles. The number of rotatable bonds is 2. The van der Waals surface area contributed by atoms with Gasteiger partial charge in [-0.1, -0.05) is 46.3 Å². The van der Waals surface area contributed by atoms with E-state index in [0.717, 1.165) is 6.07 Å². The quantitative estimate of drug-likeness (QED) is 0.509. The molecule has 5 heteroatoms. The highest BCUT2D eigenvalue weighted by molar-refractivity contribution is 9.08. The van der Waals surface area contributed by atoms with Crippen LogP contribution in [0.5, 0.6) is 0 Å². The lowest BCUT2D eigenvalue weighted by Gasteiger charge is -2.13. The van der Waals surface area contributed by atoms with E-state index in [9.17, 15) is 17.6 Å². The molecule has 0 amide bonds. The van der Waals surface area contributed by atoms with E-state index < -0.39 is 17.6 Å². The molecule has 2 rings (SSSR count). The fraction of sp³-hybridized carbons (Fsp3) is 0.143. The highest BCUT2D eigenvalue weighted by Gasteiger charge is 2.33. The predicted octanol–water partition coefficient (Wildman–Crippen LogP) is 5.41. The molecule has 0 aliphatic carbocycles. The van der Waals surface area contributed by atoms with Crippen molar-refractivity contribution in [1.82, 2.24) is 0 Å². The summed E-state index contributed by atoms with van der Waals surface area (Å²) in [7, 11) is 0. The van der Waals surface area contributed by atoms with E-state index in [2.05, 4.69) is 15.9 Å². The predicted molar refractivity (Wildman–Crippen MR) is 69.5 cm³/mol. The van der Waals surface area contributed by atoms with Crippen LogP contribution < -0.4 is 0 Å². The lowest BCUT2D eigenvalue weighted by atomic mass is 9.98. The van der Waals surface area contributed by atoms with Gasteiger partial charge in [-0.05, 0) is 23.3 Å². The molecule has 0 heterocycles. The summed E-state index contributed by atoms with van der Waals surface area (Å²) in [4.78, 5) is 0. The second-order valence-electron chi connectivity index (χ2n) is 3.99. The van der Waals surface area contributed by atoms with Gasteiger partial charge >= 0.3 is 6.18 Å². The van der Waals surface area contributed by atoms with Gasteiger partial charge < -0.3 is 0 Å². The SMILES string of the molecule is Fc1cc(CBr)ccc1-c1ccccc1C(F)(F)F. The molecular weight excluding hydrogens is 324 g/mol. The molecule has 0 nitrogen and oxygen atoms in total. The Hall–Kier alpha value is -1.36. The van der Waals surface area contributed by atoms with Crippen LogP contribution in [0.2, 0.25) is 0 Å². The summed E-state index contributed by atoms with van der Waals surface area (Å²) in [5, 5.41) is 0.450. The van der Waals surface area contributed by atoms with Gasteiger partial charge in [-0.25, -0.2) is 4.39 Å². The summed E-state index contributed by atoms with van der Waals surface area (Å²) in [5.41, 5.74) is -0.350. The van der Waals surface area contributed by atoms with Crippen LogP contribution in [0.15, 0.2) is 42.5 Å². The van der Waals surface area contributed by atoms with Crippen LogP contribution in [-0.4, -0.2) is 0 Å². The minimum atomic E-state index is -4.50. The molecular formula is C14H9BrF4. The van der Waals surface area contributed by atoms with Gasteiger partial charge in [-0.15, -0.1) is 0 Å². The largest absolute Gasteiger partial charge is 0.417 e. The van der Waals surface area contributed by atoms with Crippen molar-refractivity contribution in [3.63, 3.8) is 0 Å². The second kappa shape index (κ2) is 5.33. The van der Waals surface area contributed by atoms with Crippen LogP contribution >= 0.6 is 15.9 Å². The number of alkyl halides is 4. The Labute approximate surface area is 116 Å². The van der Waals surface area contributed by atoms with E-state index in [1.54, 1.807) is 6.07 Å². The van der Waals surface area contributed by atoms with Crippen molar-refractivity contribution in [3.05, 3.63) is 59.4 Å². The minimum absolute atomic E-state index is 0.0439. The van der Waals surface area contributed by atoms with Gasteiger partial charge in [-0.3, -0.25) is 0 Å². The Kier molecular flexibility index (Phi) is 3.94. The van der Waals surface area contributed by atoms with Gasteiger partial charge in [0.25, 0.3) is 0 Å². The second-order valence-corrected chi connectivity index (χ2v) is 4.55. The first kappa shape index (κ1) is 14.1. The van der Waals surface area contributed by atoms with Crippen LogP contribution in [0, 0.1) is 5.82 Å². The van der Waals surface area contributed by atoms with Gasteiger partial charge in [0.05, 0.1) is 5.56 Å². The zero-order chi connectivity index (χ0) is 14.0. The third kappa shape index (κ3) is 2.97. The Bertz CT molecular complexity index is 590. The standard InChI is InChI=1S/C14H9BrF4/c15-8-9-5-6-11(13(16)7-9)10-3-1-2-4-12(10)14(17,18)19/h1-7H,8H2. The third-order valence-corrected chi connectivity index (χ3v) is 3.36. The molecule has 0 atom stereocenters. The molecule has 0 bridgehead atoms. The summed E-state index contributed by atoms with van der Waals surface area (Å²) in [6.45, 7) is 0. The van der Waals surface area contributed by atoms with Crippen molar-refractivity contribution >= 4 is 15.9 Å². The molecule has 0 saturated carbocycles. The molecule has 19 heavy (non-hydrogen) atoms. The average Bonchev–Trinajstić information content (AvgIpc) is 2.37. The first-order chi connectivity index (χ1) is 8.93. The summed E-state index contributed by atoms with van der Waals surface area (Å²) in [6.07, 6.45) is -4.50. The Morgan fingerprint density at radius 3 is 2.21 bits per heavy atom. The molecule has 0 spiro atoms. The molecule has 0 N–H and O–H groups in total. The van der Waals surface area contributed by atoms with E-state index in [4.69, 9.17) is 0 Å². The maximum Gasteiger partial charge on any atom is 0.417 e. The first-order valence-corrected chi connectivity index (χ1v) is 6.56. The number of hydrogen-bond acceptors (Lipinski definition) is 0. The maximum absolute atomic E-state index is 13.9. The molecule has 2 aromatic rings. The van der Waals surface area contributed by atoms with Crippen LogP contribution in [0.25, 0.3) is 11.1 Å². The average molecular weight is 333 g/mol. The molecule has 0 aromatic heterocycles. The van der Waals surface area contributed by atoms with Gasteiger partial charge in [0, 0.05) is 10.9 Å². The van der Waals surface area contributed by atoms with Gasteiger partial charge in [0.15, 0.2) is 0 Å². The van der Waals surface area contributed by atoms with Crippen LogP contribution in [0.1, 0.15) is 11.1 Å². The number of halogens is 5.